The molecule has 0 fully saturated rings. The number of amides is 2. The lowest BCUT2D eigenvalue weighted by atomic mass is 10.1. The van der Waals surface area contributed by atoms with Crippen LogP contribution in [0.2, 0.25) is 0 Å². The Hall–Kier alpha value is -3.78. The number of carbonyl (C=O) groups is 2. The van der Waals surface area contributed by atoms with Crippen LogP contribution in [0.3, 0.4) is 0 Å². The quantitative estimate of drug-likeness (QED) is 0.352. The summed E-state index contributed by atoms with van der Waals surface area (Å²) < 4.78 is 1.65. The molecule has 5 rings (SSSR count). The van der Waals surface area contributed by atoms with Crippen LogP contribution >= 0.6 is 11.3 Å². The fraction of sp³-hybridized carbons (Fsp3) is 0.200. The molecule has 3 aromatic heterocycles. The van der Waals surface area contributed by atoms with Gasteiger partial charge in [-0.3, -0.25) is 25.4 Å². The summed E-state index contributed by atoms with van der Waals surface area (Å²) in [6.07, 6.45) is 10.6. The monoisotopic (exact) mass is 457 g/mol. The molecule has 2 N–H and O–H groups in total. The number of carbonyl (C=O) groups excluding carboxylic acids is 2. The zero-order valence-corrected chi connectivity index (χ0v) is 18.8. The summed E-state index contributed by atoms with van der Waals surface area (Å²) in [4.78, 5) is 31.8. The molecule has 0 spiro atoms. The molecule has 0 saturated carbocycles. The fourth-order valence-corrected chi connectivity index (χ4v) is 5.14. The highest BCUT2D eigenvalue weighted by molar-refractivity contribution is 7.14. The number of nitrogens with one attached hydrogen (secondary N) is 2. The van der Waals surface area contributed by atoms with Gasteiger partial charge < -0.3 is 0 Å². The summed E-state index contributed by atoms with van der Waals surface area (Å²) in [5.41, 5.74) is 8.76. The van der Waals surface area contributed by atoms with E-state index in [4.69, 9.17) is 0 Å². The van der Waals surface area contributed by atoms with Crippen LogP contribution in [0.25, 0.3) is 16.9 Å². The largest absolute Gasteiger partial charge is 0.279 e. The van der Waals surface area contributed by atoms with Gasteiger partial charge in [0.1, 0.15) is 5.69 Å². The first-order valence-electron chi connectivity index (χ1n) is 11.0. The number of hydrazine groups is 1. The molecule has 0 aliphatic heterocycles. The van der Waals surface area contributed by atoms with Crippen LogP contribution < -0.4 is 10.9 Å². The van der Waals surface area contributed by atoms with Crippen molar-refractivity contribution in [3.05, 3.63) is 88.0 Å². The summed E-state index contributed by atoms with van der Waals surface area (Å²) in [7, 11) is 0. The average Bonchev–Trinajstić information content (AvgIpc) is 3.43. The Kier molecular flexibility index (Phi) is 5.99. The SMILES string of the molecule is O=C(NNC(=O)c1cn(-c2ccccc2)nc1-c1cccnc1)c1cc2c(s1)CCCCC2. The molecule has 1 aliphatic carbocycles. The predicted molar refractivity (Wildman–Crippen MR) is 127 cm³/mol. The van der Waals surface area contributed by atoms with Gasteiger partial charge in [0.2, 0.25) is 0 Å². The Morgan fingerprint density at radius 2 is 1.76 bits per heavy atom. The minimum absolute atomic E-state index is 0.306. The lowest BCUT2D eigenvalue weighted by Gasteiger charge is -2.06. The van der Waals surface area contributed by atoms with Crippen molar-refractivity contribution in [2.24, 2.45) is 0 Å². The number of aromatic nitrogens is 3. The van der Waals surface area contributed by atoms with E-state index in [0.717, 1.165) is 31.4 Å². The topological polar surface area (TPSA) is 88.9 Å². The molecule has 0 radical (unpaired) electrons. The van der Waals surface area contributed by atoms with Crippen LogP contribution in [0.4, 0.5) is 0 Å². The third kappa shape index (κ3) is 4.56. The molecule has 0 bridgehead atoms. The fourth-order valence-electron chi connectivity index (χ4n) is 3.99. The summed E-state index contributed by atoms with van der Waals surface area (Å²) in [6, 6.07) is 15.1. The van der Waals surface area contributed by atoms with Crippen LogP contribution in [-0.4, -0.2) is 26.6 Å². The van der Waals surface area contributed by atoms with Gasteiger partial charge in [0, 0.05) is 29.0 Å². The maximum absolute atomic E-state index is 13.1. The van der Waals surface area contributed by atoms with Crippen LogP contribution in [0, 0.1) is 0 Å². The number of hydrogen-bond acceptors (Lipinski definition) is 5. The lowest BCUT2D eigenvalue weighted by molar-refractivity contribution is 0.0849. The van der Waals surface area contributed by atoms with E-state index in [9.17, 15) is 9.59 Å². The molecule has 2 amide bonds. The summed E-state index contributed by atoms with van der Waals surface area (Å²) in [5, 5.41) is 4.62. The molecule has 3 heterocycles. The highest BCUT2D eigenvalue weighted by Gasteiger charge is 2.21. The normalized spacial score (nSPS) is 13.1. The lowest BCUT2D eigenvalue weighted by Crippen LogP contribution is -2.41. The van der Waals surface area contributed by atoms with Gasteiger partial charge in [0.15, 0.2) is 0 Å². The number of pyridine rings is 1. The van der Waals surface area contributed by atoms with E-state index in [2.05, 4.69) is 20.9 Å². The first-order valence-corrected chi connectivity index (χ1v) is 11.8. The second kappa shape index (κ2) is 9.38. The third-order valence-electron chi connectivity index (χ3n) is 5.67. The number of para-hydroxylation sites is 1. The first kappa shape index (κ1) is 21.1. The van der Waals surface area contributed by atoms with Crippen molar-refractivity contribution in [3.63, 3.8) is 0 Å². The number of fused-ring (bicyclic) bond motifs is 1. The van der Waals surface area contributed by atoms with Crippen LogP contribution in [-0.2, 0) is 12.8 Å². The van der Waals surface area contributed by atoms with Gasteiger partial charge in [-0.1, -0.05) is 24.6 Å². The zero-order valence-electron chi connectivity index (χ0n) is 18.0. The van der Waals surface area contributed by atoms with Gasteiger partial charge in [0.05, 0.1) is 16.1 Å². The number of benzene rings is 1. The van der Waals surface area contributed by atoms with E-state index in [1.54, 1.807) is 29.3 Å². The average molecular weight is 458 g/mol. The van der Waals surface area contributed by atoms with E-state index < -0.39 is 5.91 Å². The minimum atomic E-state index is -0.442. The standard InChI is InChI=1S/C25H23N5O2S/c31-24(27-28-25(32)22-14-17-8-3-1-6-12-21(17)33-22)20-16-30(19-10-4-2-5-11-19)29-23(20)18-9-7-13-26-15-18/h2,4-5,7,9-11,13-16H,1,3,6,8,12H2,(H,27,31)(H,28,32). The molecule has 7 nitrogen and oxygen atoms in total. The molecule has 33 heavy (non-hydrogen) atoms. The predicted octanol–water partition coefficient (Wildman–Crippen LogP) is 4.34. The minimum Gasteiger partial charge on any atom is -0.267 e. The van der Waals surface area contributed by atoms with Crippen LogP contribution in [0.15, 0.2) is 67.1 Å². The molecule has 1 aromatic carbocycles. The summed E-state index contributed by atoms with van der Waals surface area (Å²) in [6.45, 7) is 0. The second-order valence-corrected chi connectivity index (χ2v) is 9.08. The summed E-state index contributed by atoms with van der Waals surface area (Å²) in [5.74, 6) is -0.748. The second-order valence-electron chi connectivity index (χ2n) is 7.94. The van der Waals surface area contributed by atoms with Gasteiger partial charge in [-0.15, -0.1) is 11.3 Å². The van der Waals surface area contributed by atoms with Crippen molar-refractivity contribution in [2.75, 3.05) is 0 Å². The Bertz CT molecular complexity index is 1260. The van der Waals surface area contributed by atoms with Crippen molar-refractivity contribution in [3.8, 4) is 16.9 Å². The molecule has 8 heteroatoms. The number of rotatable bonds is 4. The summed E-state index contributed by atoms with van der Waals surface area (Å²) >= 11 is 1.52. The van der Waals surface area contributed by atoms with Crippen LogP contribution in [0.5, 0.6) is 0 Å². The van der Waals surface area contributed by atoms with Crippen molar-refractivity contribution in [2.45, 2.75) is 32.1 Å². The number of nitrogens with zero attached hydrogens (tertiary/aromatic N) is 3. The Labute approximate surface area is 195 Å². The molecule has 4 aromatic rings. The van der Waals surface area contributed by atoms with Gasteiger partial charge in [0.25, 0.3) is 11.8 Å². The Balaban J connectivity index is 1.37. The molecular weight excluding hydrogens is 434 g/mol. The Morgan fingerprint density at radius 1 is 0.939 bits per heavy atom. The van der Waals surface area contributed by atoms with Crippen LogP contribution in [0.1, 0.15) is 49.7 Å². The molecule has 0 unspecified atom stereocenters. The number of aryl methyl sites for hydroxylation is 2. The first-order chi connectivity index (χ1) is 16.2. The number of hydrogen-bond donors (Lipinski definition) is 2. The number of thiophene rings is 1. The van der Waals surface area contributed by atoms with E-state index in [1.165, 1.54) is 28.2 Å². The van der Waals surface area contributed by atoms with E-state index >= 15 is 0 Å². The van der Waals surface area contributed by atoms with Gasteiger partial charge in [-0.25, -0.2) is 4.68 Å². The highest BCUT2D eigenvalue weighted by atomic mass is 32.1. The zero-order chi connectivity index (χ0) is 22.6. The van der Waals surface area contributed by atoms with Crippen molar-refractivity contribution >= 4 is 23.2 Å². The molecule has 0 saturated heterocycles. The van der Waals surface area contributed by atoms with E-state index in [1.807, 2.05) is 42.5 Å². The maximum Gasteiger partial charge on any atom is 0.279 e. The highest BCUT2D eigenvalue weighted by Crippen LogP contribution is 2.29. The maximum atomic E-state index is 13.1. The van der Waals surface area contributed by atoms with Gasteiger partial charge in [-0.05, 0) is 61.6 Å². The van der Waals surface area contributed by atoms with Crippen molar-refractivity contribution in [1.29, 1.82) is 0 Å². The van der Waals surface area contributed by atoms with Gasteiger partial charge in [-0.2, -0.15) is 5.10 Å². The van der Waals surface area contributed by atoms with E-state index in [-0.39, 0.29) is 5.91 Å². The molecule has 0 atom stereocenters. The molecular formula is C25H23N5O2S. The third-order valence-corrected chi connectivity index (χ3v) is 6.91. The van der Waals surface area contributed by atoms with Crippen molar-refractivity contribution in [1.82, 2.24) is 25.6 Å². The van der Waals surface area contributed by atoms with Gasteiger partial charge >= 0.3 is 0 Å². The van der Waals surface area contributed by atoms with E-state index in [0.29, 0.717) is 21.7 Å². The Morgan fingerprint density at radius 3 is 2.58 bits per heavy atom. The van der Waals surface area contributed by atoms with Crippen molar-refractivity contribution < 1.29 is 9.59 Å². The smallest absolute Gasteiger partial charge is 0.267 e. The molecule has 1 aliphatic rings. The molecule has 166 valence electrons.